The number of para-hydroxylation sites is 1. The van der Waals surface area contributed by atoms with Crippen LogP contribution in [0.5, 0.6) is 0 Å². The highest BCUT2D eigenvalue weighted by molar-refractivity contribution is 7.89. The van der Waals surface area contributed by atoms with Crippen LogP contribution in [0.4, 0.5) is 5.69 Å². The molecular weight excluding hydrogens is 336 g/mol. The number of carbonyl (C=O) groups is 1. The zero-order valence-corrected chi connectivity index (χ0v) is 15.6. The van der Waals surface area contributed by atoms with Crippen molar-refractivity contribution in [3.05, 3.63) is 60.2 Å². The number of sulfonamides is 1. The minimum Gasteiger partial charge on any atom is -0.309 e. The number of amides is 1. The van der Waals surface area contributed by atoms with Crippen molar-refractivity contribution >= 4 is 21.6 Å². The summed E-state index contributed by atoms with van der Waals surface area (Å²) in [7, 11) is -3.55. The summed E-state index contributed by atoms with van der Waals surface area (Å²) in [4.78, 5) is 14.5. The molecule has 0 fully saturated rings. The maximum Gasteiger partial charge on any atom is 0.258 e. The van der Waals surface area contributed by atoms with Crippen LogP contribution in [0.25, 0.3) is 0 Å². The Labute approximate surface area is 149 Å². The van der Waals surface area contributed by atoms with Gasteiger partial charge >= 0.3 is 0 Å². The molecule has 0 aliphatic heterocycles. The van der Waals surface area contributed by atoms with Gasteiger partial charge in [-0.3, -0.25) is 4.79 Å². The maximum absolute atomic E-state index is 12.7. The van der Waals surface area contributed by atoms with Gasteiger partial charge in [0, 0.05) is 24.3 Å². The van der Waals surface area contributed by atoms with Crippen molar-refractivity contribution in [3.8, 4) is 0 Å². The fraction of sp³-hybridized carbons (Fsp3) is 0.316. The minimum absolute atomic E-state index is 0.159. The van der Waals surface area contributed by atoms with Gasteiger partial charge in [-0.15, -0.1) is 0 Å². The van der Waals surface area contributed by atoms with E-state index in [1.807, 2.05) is 51.1 Å². The molecule has 0 unspecified atom stereocenters. The van der Waals surface area contributed by atoms with E-state index in [-0.39, 0.29) is 16.7 Å². The van der Waals surface area contributed by atoms with E-state index in [1.54, 1.807) is 17.0 Å². The van der Waals surface area contributed by atoms with Crippen LogP contribution in [0.1, 0.15) is 31.1 Å². The second-order valence-corrected chi connectivity index (χ2v) is 7.92. The molecule has 25 heavy (non-hydrogen) atoms. The van der Waals surface area contributed by atoms with E-state index in [0.717, 1.165) is 5.69 Å². The van der Waals surface area contributed by atoms with Gasteiger partial charge < -0.3 is 4.90 Å². The largest absolute Gasteiger partial charge is 0.309 e. The lowest BCUT2D eigenvalue weighted by Gasteiger charge is -2.21. The highest BCUT2D eigenvalue weighted by Crippen LogP contribution is 2.18. The molecule has 2 rings (SSSR count). The first-order valence-corrected chi connectivity index (χ1v) is 9.80. The first-order chi connectivity index (χ1) is 11.8. The van der Waals surface area contributed by atoms with E-state index >= 15 is 0 Å². The molecule has 0 aliphatic rings. The smallest absolute Gasteiger partial charge is 0.258 e. The van der Waals surface area contributed by atoms with Crippen molar-refractivity contribution < 1.29 is 13.2 Å². The van der Waals surface area contributed by atoms with Crippen LogP contribution in [-0.2, 0) is 10.0 Å². The molecule has 2 aromatic carbocycles. The third kappa shape index (κ3) is 4.90. The van der Waals surface area contributed by atoms with E-state index in [9.17, 15) is 13.2 Å². The summed E-state index contributed by atoms with van der Waals surface area (Å²) >= 11 is 0. The number of hydrogen-bond donors (Lipinski definition) is 1. The SMILES string of the molecule is CCN(C(=O)c1ccc(S(=O)(=O)NCC(C)C)cc1)c1ccccc1. The lowest BCUT2D eigenvalue weighted by Crippen LogP contribution is -2.30. The van der Waals surface area contributed by atoms with Crippen LogP contribution in [-0.4, -0.2) is 27.4 Å². The summed E-state index contributed by atoms with van der Waals surface area (Å²) < 4.78 is 27.0. The first-order valence-electron chi connectivity index (χ1n) is 8.31. The Morgan fingerprint density at radius 2 is 1.64 bits per heavy atom. The molecule has 0 aliphatic carbocycles. The van der Waals surface area contributed by atoms with Gasteiger partial charge in [0.05, 0.1) is 4.90 Å². The minimum atomic E-state index is -3.55. The molecule has 0 aromatic heterocycles. The van der Waals surface area contributed by atoms with Crippen molar-refractivity contribution in [2.75, 3.05) is 18.0 Å². The predicted molar refractivity (Wildman–Crippen MR) is 100 cm³/mol. The summed E-state index contributed by atoms with van der Waals surface area (Å²) in [6, 6.07) is 15.4. The molecule has 0 atom stereocenters. The number of nitrogens with one attached hydrogen (secondary N) is 1. The van der Waals surface area contributed by atoms with Crippen LogP contribution in [0, 0.1) is 5.92 Å². The van der Waals surface area contributed by atoms with Crippen LogP contribution < -0.4 is 9.62 Å². The molecule has 1 amide bonds. The topological polar surface area (TPSA) is 66.5 Å². The van der Waals surface area contributed by atoms with Crippen molar-refractivity contribution in [2.45, 2.75) is 25.7 Å². The second kappa shape index (κ2) is 8.27. The van der Waals surface area contributed by atoms with Gasteiger partial charge in [0.1, 0.15) is 0 Å². The Morgan fingerprint density at radius 3 is 2.16 bits per heavy atom. The molecular formula is C19H24N2O3S. The quantitative estimate of drug-likeness (QED) is 0.824. The Morgan fingerprint density at radius 1 is 1.04 bits per heavy atom. The van der Waals surface area contributed by atoms with Crippen LogP contribution in [0.2, 0.25) is 0 Å². The average molecular weight is 360 g/mol. The van der Waals surface area contributed by atoms with E-state index in [0.29, 0.717) is 18.7 Å². The fourth-order valence-electron chi connectivity index (χ4n) is 2.34. The molecule has 6 heteroatoms. The summed E-state index contributed by atoms with van der Waals surface area (Å²) in [6.45, 7) is 6.68. The van der Waals surface area contributed by atoms with Crippen molar-refractivity contribution in [3.63, 3.8) is 0 Å². The predicted octanol–water partition coefficient (Wildman–Crippen LogP) is 3.29. The summed E-state index contributed by atoms with van der Waals surface area (Å²) in [5.74, 6) is 0.0624. The number of hydrogen-bond acceptors (Lipinski definition) is 3. The van der Waals surface area contributed by atoms with Gasteiger partial charge in [-0.25, -0.2) is 13.1 Å². The van der Waals surface area contributed by atoms with Crippen molar-refractivity contribution in [1.29, 1.82) is 0 Å². The number of nitrogens with zero attached hydrogens (tertiary/aromatic N) is 1. The highest BCUT2D eigenvalue weighted by atomic mass is 32.2. The molecule has 0 heterocycles. The van der Waals surface area contributed by atoms with Gasteiger partial charge in [0.25, 0.3) is 5.91 Å². The van der Waals surface area contributed by atoms with Gasteiger partial charge in [-0.1, -0.05) is 32.0 Å². The van der Waals surface area contributed by atoms with Gasteiger partial charge in [0.2, 0.25) is 10.0 Å². The van der Waals surface area contributed by atoms with Crippen LogP contribution in [0.3, 0.4) is 0 Å². The monoisotopic (exact) mass is 360 g/mol. The van der Waals surface area contributed by atoms with E-state index < -0.39 is 10.0 Å². The molecule has 5 nitrogen and oxygen atoms in total. The lowest BCUT2D eigenvalue weighted by atomic mass is 10.2. The molecule has 0 saturated carbocycles. The number of carbonyl (C=O) groups excluding carboxylic acids is 1. The Balaban J connectivity index is 2.20. The van der Waals surface area contributed by atoms with Crippen LogP contribution in [0.15, 0.2) is 59.5 Å². The highest BCUT2D eigenvalue weighted by Gasteiger charge is 2.18. The molecule has 134 valence electrons. The number of anilines is 1. The summed E-state index contributed by atoms with van der Waals surface area (Å²) in [5.41, 5.74) is 1.26. The van der Waals surface area contributed by atoms with Crippen molar-refractivity contribution in [2.24, 2.45) is 5.92 Å². The zero-order chi connectivity index (χ0) is 18.4. The Kier molecular flexibility index (Phi) is 6.33. The third-order valence-corrected chi connectivity index (χ3v) is 5.16. The van der Waals surface area contributed by atoms with E-state index in [1.165, 1.54) is 12.1 Å². The summed E-state index contributed by atoms with van der Waals surface area (Å²) in [5, 5.41) is 0. The fourth-order valence-corrected chi connectivity index (χ4v) is 3.56. The second-order valence-electron chi connectivity index (χ2n) is 6.16. The van der Waals surface area contributed by atoms with E-state index in [4.69, 9.17) is 0 Å². The third-order valence-electron chi connectivity index (χ3n) is 3.72. The first kappa shape index (κ1) is 19.1. The van der Waals surface area contributed by atoms with Crippen LogP contribution >= 0.6 is 0 Å². The van der Waals surface area contributed by atoms with Crippen molar-refractivity contribution in [1.82, 2.24) is 4.72 Å². The van der Waals surface area contributed by atoms with E-state index in [2.05, 4.69) is 4.72 Å². The molecule has 0 bridgehead atoms. The number of rotatable bonds is 7. The zero-order valence-electron chi connectivity index (χ0n) is 14.8. The van der Waals surface area contributed by atoms with Gasteiger partial charge in [-0.05, 0) is 49.2 Å². The normalized spacial score (nSPS) is 11.5. The molecule has 0 spiro atoms. The molecule has 0 radical (unpaired) electrons. The Bertz CT molecular complexity index is 800. The maximum atomic E-state index is 12.7. The molecule has 1 N–H and O–H groups in total. The standard InChI is InChI=1S/C19H24N2O3S/c1-4-21(17-8-6-5-7-9-17)19(22)16-10-12-18(13-11-16)25(23,24)20-14-15(2)3/h5-13,15,20H,4,14H2,1-3H3. The van der Waals surface area contributed by atoms with Gasteiger partial charge in [-0.2, -0.15) is 0 Å². The number of benzene rings is 2. The molecule has 2 aromatic rings. The molecule has 0 saturated heterocycles. The summed E-state index contributed by atoms with van der Waals surface area (Å²) in [6.07, 6.45) is 0. The Hall–Kier alpha value is -2.18. The average Bonchev–Trinajstić information content (AvgIpc) is 2.62. The lowest BCUT2D eigenvalue weighted by molar-refractivity contribution is 0.0988. The van der Waals surface area contributed by atoms with Gasteiger partial charge in [0.15, 0.2) is 0 Å².